The molecule has 0 amide bonds. The summed E-state index contributed by atoms with van der Waals surface area (Å²) >= 11 is 0. The number of aliphatic hydroxyl groups is 1. The minimum atomic E-state index is -0.616. The molecule has 0 spiro atoms. The van der Waals surface area contributed by atoms with E-state index in [4.69, 9.17) is 13.9 Å². The predicted molar refractivity (Wildman–Crippen MR) is 86.7 cm³/mol. The average molecular weight is 300 g/mol. The molecule has 1 unspecified atom stereocenters. The predicted octanol–water partition coefficient (Wildman–Crippen LogP) is 4.44. The molecule has 0 radical (unpaired) electrons. The third kappa shape index (κ3) is 2.20. The van der Waals surface area contributed by atoms with Crippen LogP contribution in [-0.2, 0) is 0 Å². The molecule has 3 rings (SSSR count). The summed E-state index contributed by atoms with van der Waals surface area (Å²) < 4.78 is 17.1. The summed E-state index contributed by atoms with van der Waals surface area (Å²) in [7, 11) is 3.27. The number of hydrogen-bond donors (Lipinski definition) is 1. The Hall–Kier alpha value is -2.20. The molecule has 0 aliphatic heterocycles. The fraction of sp³-hybridized carbons (Fsp3) is 0.333. The summed E-state index contributed by atoms with van der Waals surface area (Å²) in [5, 5.41) is 12.9. The number of furan rings is 1. The number of rotatable bonds is 5. The first-order valence-electron chi connectivity index (χ1n) is 7.45. The number of hydrogen-bond acceptors (Lipinski definition) is 4. The molecule has 1 aromatic heterocycles. The van der Waals surface area contributed by atoms with E-state index < -0.39 is 6.10 Å². The third-order valence-corrected chi connectivity index (χ3v) is 3.92. The molecule has 0 bridgehead atoms. The minimum Gasteiger partial charge on any atom is -0.495 e. The molecule has 4 nitrogen and oxygen atoms in total. The lowest BCUT2D eigenvalue weighted by Gasteiger charge is -2.11. The number of benzene rings is 2. The lowest BCUT2D eigenvalue weighted by molar-refractivity contribution is 0.141. The lowest BCUT2D eigenvalue weighted by atomic mass is 10.0. The highest BCUT2D eigenvalue weighted by Crippen LogP contribution is 2.44. The van der Waals surface area contributed by atoms with Gasteiger partial charge in [-0.2, -0.15) is 0 Å². The molecule has 3 aromatic rings. The van der Waals surface area contributed by atoms with Crippen molar-refractivity contribution in [1.82, 2.24) is 0 Å². The second-order valence-electron chi connectivity index (χ2n) is 5.31. The van der Waals surface area contributed by atoms with Crippen molar-refractivity contribution in [3.05, 3.63) is 36.1 Å². The van der Waals surface area contributed by atoms with Gasteiger partial charge in [-0.3, -0.25) is 0 Å². The molecule has 0 saturated carbocycles. The molecule has 0 saturated heterocycles. The standard InChI is InChI=1S/C18H20O4/c1-4-7-14(19)15-10-13-16(20-2)11-8-5-6-9-12(11)17(21-3)18(13)22-15/h5-6,8-10,14,19H,4,7H2,1-3H3. The Balaban J connectivity index is 2.35. The first-order chi connectivity index (χ1) is 10.7. The monoisotopic (exact) mass is 300 g/mol. The van der Waals surface area contributed by atoms with Crippen LogP contribution < -0.4 is 9.47 Å². The molecular formula is C18H20O4. The van der Waals surface area contributed by atoms with Crippen molar-refractivity contribution in [1.29, 1.82) is 0 Å². The molecule has 2 aromatic carbocycles. The van der Waals surface area contributed by atoms with Gasteiger partial charge in [-0.1, -0.05) is 37.6 Å². The van der Waals surface area contributed by atoms with Gasteiger partial charge in [0.15, 0.2) is 11.3 Å². The molecule has 116 valence electrons. The van der Waals surface area contributed by atoms with E-state index in [0.717, 1.165) is 28.3 Å². The SMILES string of the molecule is CCCC(O)c1cc2c(OC)c3ccccc3c(OC)c2o1. The van der Waals surface area contributed by atoms with Crippen LogP contribution in [0.15, 0.2) is 34.7 Å². The van der Waals surface area contributed by atoms with Crippen LogP contribution in [0.5, 0.6) is 11.5 Å². The van der Waals surface area contributed by atoms with Crippen molar-refractivity contribution >= 4 is 21.7 Å². The van der Waals surface area contributed by atoms with E-state index in [2.05, 4.69) is 0 Å². The summed E-state index contributed by atoms with van der Waals surface area (Å²) in [6.07, 6.45) is 0.924. The molecule has 4 heteroatoms. The Labute approximate surface area is 129 Å². The van der Waals surface area contributed by atoms with Gasteiger partial charge in [-0.15, -0.1) is 0 Å². The Morgan fingerprint density at radius 2 is 1.68 bits per heavy atom. The van der Waals surface area contributed by atoms with Gasteiger partial charge in [0, 0.05) is 10.8 Å². The van der Waals surface area contributed by atoms with Crippen LogP contribution in [0.25, 0.3) is 21.7 Å². The maximum Gasteiger partial charge on any atom is 0.180 e. The molecule has 1 N–H and O–H groups in total. The fourth-order valence-corrected chi connectivity index (χ4v) is 2.90. The second kappa shape index (κ2) is 5.89. The van der Waals surface area contributed by atoms with Crippen molar-refractivity contribution in [3.8, 4) is 11.5 Å². The Morgan fingerprint density at radius 1 is 1.05 bits per heavy atom. The van der Waals surface area contributed by atoms with Crippen LogP contribution in [0, 0.1) is 0 Å². The van der Waals surface area contributed by atoms with E-state index in [-0.39, 0.29) is 0 Å². The molecule has 22 heavy (non-hydrogen) atoms. The lowest BCUT2D eigenvalue weighted by Crippen LogP contribution is -1.93. The van der Waals surface area contributed by atoms with Gasteiger partial charge in [0.1, 0.15) is 17.6 Å². The van der Waals surface area contributed by atoms with Crippen molar-refractivity contribution in [2.75, 3.05) is 14.2 Å². The number of aliphatic hydroxyl groups excluding tert-OH is 1. The van der Waals surface area contributed by atoms with E-state index >= 15 is 0 Å². The zero-order valence-corrected chi connectivity index (χ0v) is 13.1. The quantitative estimate of drug-likeness (QED) is 0.757. The van der Waals surface area contributed by atoms with Crippen molar-refractivity contribution in [2.24, 2.45) is 0 Å². The van der Waals surface area contributed by atoms with Gasteiger partial charge in [0.05, 0.1) is 19.6 Å². The number of ether oxygens (including phenoxy) is 2. The largest absolute Gasteiger partial charge is 0.495 e. The summed E-state index contributed by atoms with van der Waals surface area (Å²) in [5.74, 6) is 1.95. The third-order valence-electron chi connectivity index (χ3n) is 3.92. The molecular weight excluding hydrogens is 280 g/mol. The first-order valence-corrected chi connectivity index (χ1v) is 7.45. The van der Waals surface area contributed by atoms with Crippen molar-refractivity contribution in [3.63, 3.8) is 0 Å². The van der Waals surface area contributed by atoms with Crippen LogP contribution in [0.1, 0.15) is 31.6 Å². The van der Waals surface area contributed by atoms with Crippen LogP contribution >= 0.6 is 0 Å². The van der Waals surface area contributed by atoms with Crippen molar-refractivity contribution < 1.29 is 19.0 Å². The number of methoxy groups -OCH3 is 2. The highest BCUT2D eigenvalue weighted by Gasteiger charge is 2.21. The van der Waals surface area contributed by atoms with Crippen molar-refractivity contribution in [2.45, 2.75) is 25.9 Å². The fourth-order valence-electron chi connectivity index (χ4n) is 2.90. The summed E-state index contributed by atoms with van der Waals surface area (Å²) in [6, 6.07) is 9.73. The Morgan fingerprint density at radius 3 is 2.27 bits per heavy atom. The zero-order chi connectivity index (χ0) is 15.7. The van der Waals surface area contributed by atoms with Crippen LogP contribution in [0.2, 0.25) is 0 Å². The maximum atomic E-state index is 10.2. The normalized spacial score (nSPS) is 12.7. The Bertz CT molecular complexity index is 743. The highest BCUT2D eigenvalue weighted by atomic mass is 16.5. The van der Waals surface area contributed by atoms with Crippen LogP contribution in [0.4, 0.5) is 0 Å². The number of fused-ring (bicyclic) bond motifs is 2. The average Bonchev–Trinajstić information content (AvgIpc) is 2.97. The maximum absolute atomic E-state index is 10.2. The molecule has 1 atom stereocenters. The van der Waals surface area contributed by atoms with Gasteiger partial charge in [-0.25, -0.2) is 0 Å². The molecule has 1 heterocycles. The van der Waals surface area contributed by atoms with Gasteiger partial charge in [-0.05, 0) is 12.5 Å². The highest BCUT2D eigenvalue weighted by molar-refractivity contribution is 6.09. The Kier molecular flexibility index (Phi) is 3.94. The minimum absolute atomic E-state index is 0.545. The molecule has 0 aliphatic rings. The molecule has 0 fully saturated rings. The van der Waals surface area contributed by atoms with Crippen LogP contribution in [-0.4, -0.2) is 19.3 Å². The van der Waals surface area contributed by atoms with Crippen LogP contribution in [0.3, 0.4) is 0 Å². The summed E-state index contributed by atoms with van der Waals surface area (Å²) in [4.78, 5) is 0. The topological polar surface area (TPSA) is 51.8 Å². The van der Waals surface area contributed by atoms with Gasteiger partial charge in [0.2, 0.25) is 0 Å². The molecule has 0 aliphatic carbocycles. The van der Waals surface area contributed by atoms with E-state index in [9.17, 15) is 5.11 Å². The van der Waals surface area contributed by atoms with E-state index in [1.807, 2.05) is 37.3 Å². The van der Waals surface area contributed by atoms with Gasteiger partial charge < -0.3 is 19.0 Å². The summed E-state index contributed by atoms with van der Waals surface area (Å²) in [6.45, 7) is 2.03. The first kappa shape index (κ1) is 14.7. The van der Waals surface area contributed by atoms with E-state index in [0.29, 0.717) is 23.5 Å². The summed E-state index contributed by atoms with van der Waals surface area (Å²) in [5.41, 5.74) is 0.614. The smallest absolute Gasteiger partial charge is 0.180 e. The second-order valence-corrected chi connectivity index (χ2v) is 5.31. The van der Waals surface area contributed by atoms with Gasteiger partial charge >= 0.3 is 0 Å². The van der Waals surface area contributed by atoms with E-state index in [1.54, 1.807) is 14.2 Å². The zero-order valence-electron chi connectivity index (χ0n) is 13.1. The van der Waals surface area contributed by atoms with Gasteiger partial charge in [0.25, 0.3) is 0 Å². The van der Waals surface area contributed by atoms with E-state index in [1.165, 1.54) is 0 Å².